The largest absolute Gasteiger partial charge is 0.297 e. The maximum absolute atomic E-state index is 10.8. The van der Waals surface area contributed by atoms with Crippen LogP contribution in [0.15, 0.2) is 182 Å². The van der Waals surface area contributed by atoms with E-state index in [9.17, 15) is 21.0 Å². The fourth-order valence-electron chi connectivity index (χ4n) is 13.7. The highest BCUT2D eigenvalue weighted by Gasteiger charge is 2.31. The molecule has 0 atom stereocenters. The predicted molar refractivity (Wildman–Crippen MR) is 349 cm³/mol. The third-order valence-electron chi connectivity index (χ3n) is 17.4. The molecule has 16 nitrogen and oxygen atoms in total. The molecule has 16 aromatic rings. The lowest BCUT2D eigenvalue weighted by Crippen LogP contribution is -2.09. The van der Waals surface area contributed by atoms with Crippen LogP contribution < -0.4 is 0 Å². The molecule has 0 aliphatic rings. The van der Waals surface area contributed by atoms with Crippen LogP contribution in [0.25, 0.3) is 134 Å². The Kier molecular flexibility index (Phi) is 11.7. The summed E-state index contributed by atoms with van der Waals surface area (Å²) in [4.78, 5) is 31.4. The molecule has 0 amide bonds. The van der Waals surface area contributed by atoms with Crippen LogP contribution in [0.4, 0.5) is 0 Å². The molecule has 16 heteroatoms. The van der Waals surface area contributed by atoms with Crippen LogP contribution in [0, 0.1) is 86.9 Å². The van der Waals surface area contributed by atoms with Crippen molar-refractivity contribution in [2.45, 2.75) is 41.5 Å². The highest BCUT2D eigenvalue weighted by atomic mass is 15.3. The predicted octanol–water partition coefficient (Wildman–Crippen LogP) is 15.5. The van der Waals surface area contributed by atoms with E-state index in [1.165, 1.54) is 0 Å². The SMILES string of the molecule is Cc1nc(-c2c(C#N)cccc2C#N)c2nc(C)n(-c3cccc(C)c3-n3c4cccc(-c5cccc6c5c5c7ccccc7n(-c7ccccc7)c5n6-c5nc(-c6c(C#N)cccc6C#N)c6nc(C)n(-c7ccccc7C)c6n5)c4n4c(C)ccc34)c2n1. The third-order valence-corrected chi connectivity index (χ3v) is 17.4. The van der Waals surface area contributed by atoms with Crippen LogP contribution in [0.2, 0.25) is 0 Å². The fraction of sp³-hybridized carbons (Fsp3) is 0.0811. The number of nitriles is 4. The zero-order valence-electron chi connectivity index (χ0n) is 49.5. The van der Waals surface area contributed by atoms with Crippen molar-refractivity contribution < 1.29 is 0 Å². The summed E-state index contributed by atoms with van der Waals surface area (Å²) >= 11 is 0. The topological polar surface area (TPSA) is 202 Å². The van der Waals surface area contributed by atoms with Gasteiger partial charge in [-0.1, -0.05) is 103 Å². The number of imidazole rings is 3. The Bertz CT molecular complexity index is 5920. The number of aryl methyl sites for hydroxylation is 6. The molecule has 0 bridgehead atoms. The molecule has 90 heavy (non-hydrogen) atoms. The van der Waals surface area contributed by atoms with Crippen LogP contribution in [-0.4, -0.2) is 57.1 Å². The maximum atomic E-state index is 10.8. The van der Waals surface area contributed by atoms with Crippen molar-refractivity contribution in [1.82, 2.24) is 57.1 Å². The van der Waals surface area contributed by atoms with Crippen LogP contribution in [0.5, 0.6) is 0 Å². The smallest absolute Gasteiger partial charge is 0.238 e. The number of nitrogens with zero attached hydrogens (tertiary/aromatic N) is 16. The van der Waals surface area contributed by atoms with Gasteiger partial charge in [0.05, 0.1) is 85.7 Å². The van der Waals surface area contributed by atoms with E-state index in [1.807, 2.05) is 67.8 Å². The van der Waals surface area contributed by atoms with E-state index in [0.29, 0.717) is 79.4 Å². The molecule has 0 aliphatic carbocycles. The van der Waals surface area contributed by atoms with E-state index in [4.69, 9.17) is 29.9 Å². The molecule has 0 spiro atoms. The Morgan fingerprint density at radius 2 is 0.933 bits per heavy atom. The van der Waals surface area contributed by atoms with Gasteiger partial charge >= 0.3 is 0 Å². The van der Waals surface area contributed by atoms with Crippen molar-refractivity contribution in [3.8, 4) is 86.6 Å². The molecular weight excluding hydrogens is 1110 g/mol. The van der Waals surface area contributed by atoms with Crippen molar-refractivity contribution in [3.63, 3.8) is 0 Å². The van der Waals surface area contributed by atoms with Gasteiger partial charge in [0.2, 0.25) is 5.95 Å². The summed E-state index contributed by atoms with van der Waals surface area (Å²) in [7, 11) is 0. The fourth-order valence-corrected chi connectivity index (χ4v) is 13.7. The van der Waals surface area contributed by atoms with Gasteiger partial charge in [-0.2, -0.15) is 26.0 Å². The van der Waals surface area contributed by atoms with Gasteiger partial charge < -0.3 is 0 Å². The molecule has 424 valence electrons. The molecule has 16 rings (SSSR count). The number of rotatable bonds is 8. The van der Waals surface area contributed by atoms with Crippen molar-refractivity contribution in [1.29, 1.82) is 21.0 Å². The van der Waals surface area contributed by atoms with Crippen molar-refractivity contribution in [2.24, 2.45) is 0 Å². The molecule has 0 radical (unpaired) electrons. The Hall–Kier alpha value is -12.8. The molecular formula is C74H48N16. The summed E-state index contributed by atoms with van der Waals surface area (Å²) in [5, 5.41) is 45.3. The maximum Gasteiger partial charge on any atom is 0.238 e. The molecule has 0 N–H and O–H groups in total. The van der Waals surface area contributed by atoms with E-state index in [1.54, 1.807) is 36.4 Å². The number of aromatic nitrogens is 12. The summed E-state index contributed by atoms with van der Waals surface area (Å²) in [6.45, 7) is 12.0. The van der Waals surface area contributed by atoms with Gasteiger partial charge in [-0.05, 0) is 137 Å². The van der Waals surface area contributed by atoms with Gasteiger partial charge in [-0.3, -0.25) is 27.2 Å². The molecule has 8 aromatic heterocycles. The van der Waals surface area contributed by atoms with Gasteiger partial charge in [0.25, 0.3) is 0 Å². The lowest BCUT2D eigenvalue weighted by molar-refractivity contribution is 0.944. The van der Waals surface area contributed by atoms with Crippen molar-refractivity contribution in [3.05, 3.63) is 239 Å². The van der Waals surface area contributed by atoms with Crippen LogP contribution >= 0.6 is 0 Å². The molecule has 0 saturated heterocycles. The Morgan fingerprint density at radius 3 is 1.61 bits per heavy atom. The van der Waals surface area contributed by atoms with Crippen LogP contribution in [0.1, 0.15) is 56.5 Å². The molecule has 0 fully saturated rings. The zero-order chi connectivity index (χ0) is 61.4. The molecule has 8 aromatic carbocycles. The summed E-state index contributed by atoms with van der Waals surface area (Å²) in [5.74, 6) is 2.08. The normalized spacial score (nSPS) is 11.6. The molecule has 8 heterocycles. The third kappa shape index (κ3) is 7.43. The highest BCUT2D eigenvalue weighted by Crippen LogP contribution is 2.48. The van der Waals surface area contributed by atoms with Crippen molar-refractivity contribution in [2.75, 3.05) is 0 Å². The minimum atomic E-state index is 0.288. The number of hydrogen-bond acceptors (Lipinski definition) is 10. The molecule has 0 saturated carbocycles. The van der Waals surface area contributed by atoms with Gasteiger partial charge in [0.15, 0.2) is 11.3 Å². The van der Waals surface area contributed by atoms with E-state index in [2.05, 4.69) is 171 Å². The van der Waals surface area contributed by atoms with Crippen LogP contribution in [-0.2, 0) is 0 Å². The average Bonchev–Trinajstić information content (AvgIpc) is 1.53. The van der Waals surface area contributed by atoms with E-state index < -0.39 is 0 Å². The number of para-hydroxylation sites is 5. The first-order valence-corrected chi connectivity index (χ1v) is 29.3. The first-order chi connectivity index (χ1) is 44.0. The number of fused-ring (bicyclic) bond motifs is 10. The number of benzene rings is 8. The second kappa shape index (κ2) is 19.9. The summed E-state index contributed by atoms with van der Waals surface area (Å²) < 4.78 is 13.2. The number of hydrogen-bond donors (Lipinski definition) is 0. The lowest BCUT2D eigenvalue weighted by atomic mass is 9.97. The molecule has 0 aliphatic heterocycles. The first kappa shape index (κ1) is 52.8. The average molecular weight is 1160 g/mol. The summed E-state index contributed by atoms with van der Waals surface area (Å²) in [5.41, 5.74) is 18.7. The van der Waals surface area contributed by atoms with Crippen LogP contribution in [0.3, 0.4) is 0 Å². The molecule has 0 unspecified atom stereocenters. The lowest BCUT2D eigenvalue weighted by Gasteiger charge is -2.18. The van der Waals surface area contributed by atoms with E-state index in [0.717, 1.165) is 100 Å². The monoisotopic (exact) mass is 1160 g/mol. The van der Waals surface area contributed by atoms with Crippen molar-refractivity contribution >= 4 is 71.8 Å². The highest BCUT2D eigenvalue weighted by molar-refractivity contribution is 6.27. The second-order valence-corrected chi connectivity index (χ2v) is 22.6. The second-order valence-electron chi connectivity index (χ2n) is 22.6. The van der Waals surface area contributed by atoms with Gasteiger partial charge in [0.1, 0.15) is 51.2 Å². The first-order valence-electron chi connectivity index (χ1n) is 29.3. The standard InChI is InChI=1S/C74H48N16/c1-41-19-10-12-30-55(41)86-45(5)81-68-66(62-49(39-77)23-16-24-50(62)40-78)83-74(84-72(68)86)90-57-32-17-28-52(63(57)64-54-27-11-13-31-56(54)88(73(64)90)51-25-8-7-9-26-51)53-29-18-34-59-70(53)85-43(3)35-36-60(85)89(59)69-42(2)20-14-33-58(69)87-46(6)82-67-65(79-44(4)80-71(67)87)61-47(37-75)21-15-22-48(61)38-76/h7-36H,1-6H3. The minimum Gasteiger partial charge on any atom is -0.297 e. The summed E-state index contributed by atoms with van der Waals surface area (Å²) in [6.07, 6.45) is 0. The van der Waals surface area contributed by atoms with E-state index in [-0.39, 0.29) is 11.1 Å². The zero-order valence-corrected chi connectivity index (χ0v) is 49.5. The Labute approximate surface area is 514 Å². The summed E-state index contributed by atoms with van der Waals surface area (Å²) in [6, 6.07) is 70.0. The van der Waals surface area contributed by atoms with E-state index >= 15 is 0 Å². The van der Waals surface area contributed by atoms with Gasteiger partial charge in [-0.25, -0.2) is 24.9 Å². The van der Waals surface area contributed by atoms with Gasteiger partial charge in [-0.15, -0.1) is 0 Å². The van der Waals surface area contributed by atoms with Gasteiger partial charge in [0, 0.05) is 44.2 Å². The quantitative estimate of drug-likeness (QED) is 0.141. The Morgan fingerprint density at radius 1 is 0.389 bits per heavy atom. The minimum absolute atomic E-state index is 0.288. The Balaban J connectivity index is 1.01.